The molecule has 0 fully saturated rings. The second kappa shape index (κ2) is 5.18. The number of thioether (sulfide) groups is 1. The lowest BCUT2D eigenvalue weighted by Gasteiger charge is -2.06. The van der Waals surface area contributed by atoms with Gasteiger partial charge in [-0.05, 0) is 6.07 Å². The quantitative estimate of drug-likeness (QED) is 0.697. The molecule has 3 heteroatoms. The number of hydrogen-bond acceptors (Lipinski definition) is 2. The molecule has 0 saturated carbocycles. The van der Waals surface area contributed by atoms with Crippen LogP contribution in [-0.2, 0) is 4.74 Å². The SMILES string of the molecule is CC1=[N+](C)c2ccccc2/C1=C1/OC(c2ccccc2)=CS1. The van der Waals surface area contributed by atoms with Gasteiger partial charge in [0, 0.05) is 24.0 Å². The van der Waals surface area contributed by atoms with Crippen molar-refractivity contribution in [2.24, 2.45) is 0 Å². The molecule has 0 N–H and O–H groups in total. The molecule has 2 aromatic rings. The van der Waals surface area contributed by atoms with Gasteiger partial charge in [0.05, 0.1) is 5.56 Å². The molecule has 2 heterocycles. The summed E-state index contributed by atoms with van der Waals surface area (Å²) >= 11 is 1.66. The van der Waals surface area contributed by atoms with Crippen molar-refractivity contribution in [1.82, 2.24) is 0 Å². The fraction of sp³-hybridized carbons (Fsp3) is 0.105. The Kier molecular flexibility index (Phi) is 3.16. The maximum absolute atomic E-state index is 6.16. The summed E-state index contributed by atoms with van der Waals surface area (Å²) in [6.07, 6.45) is 0. The molecule has 4 rings (SSSR count). The van der Waals surface area contributed by atoms with E-state index in [9.17, 15) is 0 Å². The van der Waals surface area contributed by atoms with E-state index < -0.39 is 0 Å². The monoisotopic (exact) mass is 306 g/mol. The number of ether oxygens (including phenoxy) is 1. The molecule has 0 radical (unpaired) electrons. The van der Waals surface area contributed by atoms with Crippen molar-refractivity contribution in [2.75, 3.05) is 7.05 Å². The summed E-state index contributed by atoms with van der Waals surface area (Å²) in [4.78, 5) is 0. The summed E-state index contributed by atoms with van der Waals surface area (Å²) in [5.74, 6) is 0.924. The van der Waals surface area contributed by atoms with Crippen LogP contribution in [0.4, 0.5) is 5.69 Å². The minimum Gasteiger partial charge on any atom is -0.448 e. The van der Waals surface area contributed by atoms with Gasteiger partial charge in [0.15, 0.2) is 10.8 Å². The van der Waals surface area contributed by atoms with Gasteiger partial charge in [-0.3, -0.25) is 0 Å². The number of para-hydroxylation sites is 1. The number of benzene rings is 2. The first-order chi connectivity index (χ1) is 10.8. The molecular weight excluding hydrogens is 290 g/mol. The molecule has 0 unspecified atom stereocenters. The second-order valence-electron chi connectivity index (χ2n) is 5.39. The van der Waals surface area contributed by atoms with Gasteiger partial charge in [-0.25, -0.2) is 0 Å². The van der Waals surface area contributed by atoms with Crippen LogP contribution in [-0.4, -0.2) is 17.3 Å². The van der Waals surface area contributed by atoms with Crippen molar-refractivity contribution in [2.45, 2.75) is 6.92 Å². The van der Waals surface area contributed by atoms with E-state index in [0.29, 0.717) is 0 Å². The maximum Gasteiger partial charge on any atom is 0.213 e. The Hall–Kier alpha value is -2.26. The summed E-state index contributed by atoms with van der Waals surface area (Å²) < 4.78 is 8.39. The van der Waals surface area contributed by atoms with Crippen molar-refractivity contribution in [1.29, 1.82) is 0 Å². The third-order valence-corrected chi connectivity index (χ3v) is 4.97. The molecule has 2 aliphatic heterocycles. The third-order valence-electron chi connectivity index (χ3n) is 4.14. The molecule has 0 saturated heterocycles. The highest BCUT2D eigenvalue weighted by Crippen LogP contribution is 2.44. The Balaban J connectivity index is 1.76. The van der Waals surface area contributed by atoms with Gasteiger partial charge in [-0.1, -0.05) is 54.2 Å². The molecule has 0 aliphatic carbocycles. The van der Waals surface area contributed by atoms with E-state index in [1.54, 1.807) is 11.8 Å². The van der Waals surface area contributed by atoms with Crippen LogP contribution in [0.25, 0.3) is 11.3 Å². The van der Waals surface area contributed by atoms with Crippen LogP contribution < -0.4 is 0 Å². The minimum absolute atomic E-state index is 0.924. The van der Waals surface area contributed by atoms with E-state index in [4.69, 9.17) is 4.74 Å². The van der Waals surface area contributed by atoms with Crippen molar-refractivity contribution in [3.05, 3.63) is 76.2 Å². The highest BCUT2D eigenvalue weighted by molar-refractivity contribution is 8.06. The molecular formula is C19H16NOS+. The molecule has 0 amide bonds. The summed E-state index contributed by atoms with van der Waals surface area (Å²) in [5.41, 5.74) is 6.02. The first-order valence-electron chi connectivity index (χ1n) is 7.27. The lowest BCUT2D eigenvalue weighted by atomic mass is 10.1. The molecule has 0 bridgehead atoms. The van der Waals surface area contributed by atoms with Crippen LogP contribution in [0, 0.1) is 0 Å². The highest BCUT2D eigenvalue weighted by Gasteiger charge is 2.34. The number of hydrogen-bond donors (Lipinski definition) is 0. The maximum atomic E-state index is 6.16. The van der Waals surface area contributed by atoms with E-state index in [-0.39, 0.29) is 0 Å². The molecule has 108 valence electrons. The topological polar surface area (TPSA) is 12.2 Å². The van der Waals surface area contributed by atoms with Gasteiger partial charge in [0.2, 0.25) is 5.69 Å². The number of rotatable bonds is 1. The Morgan fingerprint density at radius 3 is 2.50 bits per heavy atom. The fourth-order valence-corrected chi connectivity index (χ4v) is 3.78. The van der Waals surface area contributed by atoms with Gasteiger partial charge in [-0.15, -0.1) is 0 Å². The van der Waals surface area contributed by atoms with E-state index in [0.717, 1.165) is 16.4 Å². The fourth-order valence-electron chi connectivity index (χ4n) is 2.87. The Labute approximate surface area is 134 Å². The van der Waals surface area contributed by atoms with Gasteiger partial charge in [0.1, 0.15) is 18.4 Å². The van der Waals surface area contributed by atoms with Gasteiger partial charge >= 0.3 is 0 Å². The minimum atomic E-state index is 0.924. The molecule has 0 atom stereocenters. The van der Waals surface area contributed by atoms with Crippen LogP contribution in [0.15, 0.2) is 65.1 Å². The zero-order valence-electron chi connectivity index (χ0n) is 12.5. The van der Waals surface area contributed by atoms with E-state index >= 15 is 0 Å². The smallest absolute Gasteiger partial charge is 0.213 e. The Morgan fingerprint density at radius 1 is 0.955 bits per heavy atom. The zero-order valence-corrected chi connectivity index (χ0v) is 13.4. The second-order valence-corrected chi connectivity index (χ2v) is 6.23. The molecule has 0 spiro atoms. The zero-order chi connectivity index (χ0) is 15.1. The standard InChI is InChI=1S/C19H16NOS/c1-13-18(15-10-6-7-11-16(15)20(13)2)19-21-17(12-22-19)14-8-4-3-5-9-14/h3-12H,1-2H3/q+1/b19-18-. The number of nitrogens with zero attached hydrogens (tertiary/aromatic N) is 1. The van der Waals surface area contributed by atoms with E-state index in [2.05, 4.69) is 60.4 Å². The summed E-state index contributed by atoms with van der Waals surface area (Å²) in [6.45, 7) is 2.15. The lowest BCUT2D eigenvalue weighted by Crippen LogP contribution is -2.04. The molecule has 2 aromatic carbocycles. The summed E-state index contributed by atoms with van der Waals surface area (Å²) in [7, 11) is 2.10. The average Bonchev–Trinajstić information content (AvgIpc) is 3.13. The molecule has 2 nitrogen and oxygen atoms in total. The summed E-state index contributed by atoms with van der Waals surface area (Å²) in [5, 5.41) is 3.06. The predicted octanol–water partition coefficient (Wildman–Crippen LogP) is 4.87. The average molecular weight is 306 g/mol. The highest BCUT2D eigenvalue weighted by atomic mass is 32.2. The van der Waals surface area contributed by atoms with Crippen molar-refractivity contribution in [3.63, 3.8) is 0 Å². The van der Waals surface area contributed by atoms with Crippen molar-refractivity contribution >= 4 is 34.5 Å². The normalized spacial score (nSPS) is 20.0. The Bertz CT molecular complexity index is 847. The largest absolute Gasteiger partial charge is 0.448 e. The number of allylic oxidation sites excluding steroid dienone is 1. The molecule has 0 aromatic heterocycles. The van der Waals surface area contributed by atoms with Crippen LogP contribution in [0.1, 0.15) is 18.1 Å². The van der Waals surface area contributed by atoms with Gasteiger partial charge in [-0.2, -0.15) is 4.58 Å². The van der Waals surface area contributed by atoms with Crippen LogP contribution in [0.5, 0.6) is 0 Å². The van der Waals surface area contributed by atoms with Crippen LogP contribution in [0.3, 0.4) is 0 Å². The number of fused-ring (bicyclic) bond motifs is 1. The predicted molar refractivity (Wildman–Crippen MR) is 93.0 cm³/mol. The van der Waals surface area contributed by atoms with Crippen molar-refractivity contribution in [3.8, 4) is 0 Å². The van der Waals surface area contributed by atoms with E-state index in [1.165, 1.54) is 22.5 Å². The molecule has 2 aliphatic rings. The van der Waals surface area contributed by atoms with Crippen LogP contribution >= 0.6 is 11.8 Å². The summed E-state index contributed by atoms with van der Waals surface area (Å²) in [6, 6.07) is 18.7. The van der Waals surface area contributed by atoms with Gasteiger partial charge < -0.3 is 4.74 Å². The third kappa shape index (κ3) is 2.01. The first-order valence-corrected chi connectivity index (χ1v) is 8.15. The van der Waals surface area contributed by atoms with E-state index in [1.807, 2.05) is 18.2 Å². The van der Waals surface area contributed by atoms with Crippen LogP contribution in [0.2, 0.25) is 0 Å². The van der Waals surface area contributed by atoms with Crippen molar-refractivity contribution < 1.29 is 9.31 Å². The lowest BCUT2D eigenvalue weighted by molar-refractivity contribution is -0.401. The Morgan fingerprint density at radius 2 is 1.68 bits per heavy atom. The molecule has 22 heavy (non-hydrogen) atoms. The first kappa shape index (κ1) is 13.4. The van der Waals surface area contributed by atoms with Gasteiger partial charge in [0.25, 0.3) is 0 Å².